The number of alkyl halides is 1. The summed E-state index contributed by atoms with van der Waals surface area (Å²) in [7, 11) is 3.33. The third-order valence-electron chi connectivity index (χ3n) is 6.34. The summed E-state index contributed by atoms with van der Waals surface area (Å²) in [6, 6.07) is -0.177. The van der Waals surface area contributed by atoms with Crippen LogP contribution < -0.4 is 5.73 Å². The molecule has 27 heavy (non-hydrogen) atoms. The molecule has 7 heteroatoms. The van der Waals surface area contributed by atoms with E-state index in [0.717, 1.165) is 37.4 Å². The first kappa shape index (κ1) is 18.3. The number of carbonyl (C=O) groups is 1. The third-order valence-corrected chi connectivity index (χ3v) is 6.34. The van der Waals surface area contributed by atoms with Gasteiger partial charge in [-0.1, -0.05) is 0 Å². The molecule has 2 N–H and O–H groups in total. The summed E-state index contributed by atoms with van der Waals surface area (Å²) in [4.78, 5) is 16.5. The van der Waals surface area contributed by atoms with E-state index in [1.54, 1.807) is 14.2 Å². The van der Waals surface area contributed by atoms with Gasteiger partial charge in [-0.05, 0) is 23.6 Å². The molecule has 0 saturated carbocycles. The maximum absolute atomic E-state index is 13.0. The van der Waals surface area contributed by atoms with Crippen molar-refractivity contribution in [1.82, 2.24) is 9.80 Å². The number of nitrogens with zero attached hydrogens (tertiary/aromatic N) is 2. The summed E-state index contributed by atoms with van der Waals surface area (Å²) in [6.45, 7) is 1.68. The van der Waals surface area contributed by atoms with E-state index in [4.69, 9.17) is 15.2 Å². The van der Waals surface area contributed by atoms with Gasteiger partial charge < -0.3 is 25.0 Å². The fourth-order valence-corrected chi connectivity index (χ4v) is 4.86. The van der Waals surface area contributed by atoms with Crippen LogP contribution in [0, 0.1) is 5.92 Å². The molecule has 0 spiro atoms. The Bertz CT molecular complexity index is 730. The molecule has 3 atom stereocenters. The van der Waals surface area contributed by atoms with E-state index in [1.165, 1.54) is 16.8 Å². The van der Waals surface area contributed by atoms with Gasteiger partial charge in [0, 0.05) is 56.6 Å². The molecule has 0 aromatic rings. The first-order valence-electron chi connectivity index (χ1n) is 9.65. The summed E-state index contributed by atoms with van der Waals surface area (Å²) >= 11 is 0. The van der Waals surface area contributed by atoms with Crippen molar-refractivity contribution in [2.24, 2.45) is 11.7 Å². The number of hydrogen-bond donors (Lipinski definition) is 1. The van der Waals surface area contributed by atoms with E-state index in [1.807, 2.05) is 4.90 Å². The van der Waals surface area contributed by atoms with Crippen molar-refractivity contribution in [2.45, 2.75) is 37.8 Å². The van der Waals surface area contributed by atoms with Gasteiger partial charge in [-0.25, -0.2) is 0 Å². The number of ether oxygens (including phenoxy) is 2. The molecule has 0 radical (unpaired) electrons. The Labute approximate surface area is 159 Å². The highest BCUT2D eigenvalue weighted by Crippen LogP contribution is 2.41. The van der Waals surface area contributed by atoms with Crippen LogP contribution in [0.15, 0.2) is 34.4 Å². The standard InChI is InChI=1S/C20H28FN3O3/c1-26-18-6-13-3-4-23-11-17(24-10-12(9-21)5-20(24)25)15(22)8-16(23)14(13)7-19(18)27-2/h6,12,15,17H,3-5,7-11,22H2,1-2H3/t12?,15-,17-/m0/s1. The summed E-state index contributed by atoms with van der Waals surface area (Å²) in [5.74, 6) is 1.49. The zero-order chi connectivity index (χ0) is 19.1. The van der Waals surface area contributed by atoms with Crippen LogP contribution in [0.1, 0.15) is 25.7 Å². The molecular formula is C20H28FN3O3. The molecule has 0 aromatic heterocycles. The van der Waals surface area contributed by atoms with Gasteiger partial charge in [-0.2, -0.15) is 0 Å². The van der Waals surface area contributed by atoms with Crippen LogP contribution in [-0.2, 0) is 14.3 Å². The molecule has 0 bridgehead atoms. The van der Waals surface area contributed by atoms with Crippen LogP contribution in [-0.4, -0.2) is 68.3 Å². The van der Waals surface area contributed by atoms with Crippen molar-refractivity contribution in [3.05, 3.63) is 34.4 Å². The van der Waals surface area contributed by atoms with Gasteiger partial charge in [0.25, 0.3) is 0 Å². The Morgan fingerprint density at radius 1 is 1.26 bits per heavy atom. The molecule has 1 unspecified atom stereocenters. The number of likely N-dealkylation sites (tertiary alicyclic amines) is 1. The number of allylic oxidation sites excluding steroid dienone is 2. The molecule has 148 valence electrons. The summed E-state index contributed by atoms with van der Waals surface area (Å²) < 4.78 is 24.0. The average Bonchev–Trinajstić information content (AvgIpc) is 3.06. The quantitative estimate of drug-likeness (QED) is 0.808. The Hall–Kier alpha value is -2.02. The van der Waals surface area contributed by atoms with Crippen LogP contribution >= 0.6 is 0 Å². The van der Waals surface area contributed by atoms with E-state index < -0.39 is 6.67 Å². The van der Waals surface area contributed by atoms with Crippen LogP contribution in [0.5, 0.6) is 0 Å². The SMILES string of the molecule is COC1=C(OC)CC2=C3C[C@H](N)[C@@H](N4CC(CF)CC4=O)CN3CCC2=C1. The minimum Gasteiger partial charge on any atom is -0.497 e. The van der Waals surface area contributed by atoms with Gasteiger partial charge in [0.05, 0.1) is 26.9 Å². The fourth-order valence-electron chi connectivity index (χ4n) is 4.86. The highest BCUT2D eigenvalue weighted by molar-refractivity contribution is 5.79. The Balaban J connectivity index is 1.58. The molecule has 0 aromatic carbocycles. The van der Waals surface area contributed by atoms with Crippen molar-refractivity contribution in [1.29, 1.82) is 0 Å². The number of carbonyl (C=O) groups excluding carboxylic acids is 1. The second-order valence-electron chi connectivity index (χ2n) is 7.87. The predicted molar refractivity (Wildman–Crippen MR) is 99.1 cm³/mol. The van der Waals surface area contributed by atoms with Crippen molar-refractivity contribution in [3.63, 3.8) is 0 Å². The largest absolute Gasteiger partial charge is 0.497 e. The van der Waals surface area contributed by atoms with E-state index in [-0.39, 0.29) is 23.9 Å². The number of methoxy groups -OCH3 is 2. The first-order chi connectivity index (χ1) is 13.0. The van der Waals surface area contributed by atoms with Gasteiger partial charge in [-0.15, -0.1) is 0 Å². The normalized spacial score (nSPS) is 31.0. The minimum atomic E-state index is -0.439. The van der Waals surface area contributed by atoms with Crippen molar-refractivity contribution < 1.29 is 18.7 Å². The molecule has 4 rings (SSSR count). The summed E-state index contributed by atoms with van der Waals surface area (Å²) in [5, 5.41) is 0. The van der Waals surface area contributed by atoms with Crippen LogP contribution in [0.4, 0.5) is 4.39 Å². The van der Waals surface area contributed by atoms with E-state index in [0.29, 0.717) is 19.4 Å². The van der Waals surface area contributed by atoms with Gasteiger partial charge in [-0.3, -0.25) is 9.18 Å². The molecule has 4 aliphatic rings. The predicted octanol–water partition coefficient (Wildman–Crippen LogP) is 1.70. The number of rotatable bonds is 4. The number of hydrogen-bond acceptors (Lipinski definition) is 5. The molecular weight excluding hydrogens is 349 g/mol. The van der Waals surface area contributed by atoms with Crippen molar-refractivity contribution >= 4 is 5.91 Å². The minimum absolute atomic E-state index is 0.0406. The van der Waals surface area contributed by atoms with Crippen LogP contribution in [0.25, 0.3) is 0 Å². The molecule has 3 aliphatic heterocycles. The molecule has 2 saturated heterocycles. The van der Waals surface area contributed by atoms with Gasteiger partial charge in [0.1, 0.15) is 5.76 Å². The second-order valence-corrected chi connectivity index (χ2v) is 7.87. The summed E-state index contributed by atoms with van der Waals surface area (Å²) in [5.41, 5.74) is 10.4. The third kappa shape index (κ3) is 3.12. The highest BCUT2D eigenvalue weighted by Gasteiger charge is 2.42. The number of amides is 1. The topological polar surface area (TPSA) is 68.0 Å². The number of fused-ring (bicyclic) bond motifs is 2. The molecule has 3 heterocycles. The first-order valence-corrected chi connectivity index (χ1v) is 9.65. The molecule has 2 fully saturated rings. The number of piperidine rings is 1. The van der Waals surface area contributed by atoms with E-state index in [2.05, 4.69) is 11.0 Å². The lowest BCUT2D eigenvalue weighted by atomic mass is 9.83. The Morgan fingerprint density at radius 3 is 2.74 bits per heavy atom. The van der Waals surface area contributed by atoms with Crippen LogP contribution in [0.2, 0.25) is 0 Å². The maximum Gasteiger partial charge on any atom is 0.223 e. The zero-order valence-corrected chi connectivity index (χ0v) is 16.0. The average molecular weight is 377 g/mol. The lowest BCUT2D eigenvalue weighted by Crippen LogP contribution is -2.58. The second kappa shape index (κ2) is 7.19. The number of nitrogens with two attached hydrogens (primary N) is 1. The lowest BCUT2D eigenvalue weighted by molar-refractivity contribution is -0.130. The van der Waals surface area contributed by atoms with Gasteiger partial charge >= 0.3 is 0 Å². The Kier molecular flexibility index (Phi) is 4.88. The van der Waals surface area contributed by atoms with Crippen molar-refractivity contribution in [2.75, 3.05) is 40.5 Å². The highest BCUT2D eigenvalue weighted by atomic mass is 19.1. The smallest absolute Gasteiger partial charge is 0.223 e. The summed E-state index contributed by atoms with van der Waals surface area (Å²) in [6.07, 6.45) is 4.76. The fraction of sp³-hybridized carbons (Fsp3) is 0.650. The Morgan fingerprint density at radius 2 is 2.07 bits per heavy atom. The van der Waals surface area contributed by atoms with Crippen LogP contribution in [0.3, 0.4) is 0 Å². The molecule has 6 nitrogen and oxygen atoms in total. The van der Waals surface area contributed by atoms with Gasteiger partial charge in [0.2, 0.25) is 5.91 Å². The van der Waals surface area contributed by atoms with E-state index in [9.17, 15) is 9.18 Å². The van der Waals surface area contributed by atoms with Gasteiger partial charge in [0.15, 0.2) is 5.76 Å². The van der Waals surface area contributed by atoms with E-state index >= 15 is 0 Å². The molecule has 1 aliphatic carbocycles. The lowest BCUT2D eigenvalue weighted by Gasteiger charge is -2.47. The monoisotopic (exact) mass is 377 g/mol. The number of halogens is 1. The molecule has 1 amide bonds. The zero-order valence-electron chi connectivity index (χ0n) is 16.0. The van der Waals surface area contributed by atoms with Crippen molar-refractivity contribution in [3.8, 4) is 0 Å². The maximum atomic E-state index is 13.0.